The molecule has 106 valence electrons. The predicted octanol–water partition coefficient (Wildman–Crippen LogP) is 1.57. The minimum absolute atomic E-state index is 0.441. The van der Waals surface area contributed by atoms with E-state index in [-0.39, 0.29) is 0 Å². The van der Waals surface area contributed by atoms with E-state index in [1.165, 1.54) is 43.1 Å². The molecule has 3 rings (SSSR count). The van der Waals surface area contributed by atoms with E-state index in [9.17, 15) is 0 Å². The standard InChI is InChI=1S/C15H26N4/c1-12-17-13-10-16-7-4-14(13)19(12)11-15(2)5-8-18(3)9-6-15/h16H,4-11H2,1-3H3. The van der Waals surface area contributed by atoms with E-state index < -0.39 is 0 Å². The quantitative estimate of drug-likeness (QED) is 0.878. The number of piperidine rings is 1. The highest BCUT2D eigenvalue weighted by molar-refractivity contribution is 5.20. The first kappa shape index (κ1) is 13.1. The highest BCUT2D eigenvalue weighted by Gasteiger charge is 2.31. The van der Waals surface area contributed by atoms with Crippen molar-refractivity contribution in [1.82, 2.24) is 19.8 Å². The van der Waals surface area contributed by atoms with Crippen molar-refractivity contribution in [1.29, 1.82) is 0 Å². The topological polar surface area (TPSA) is 33.1 Å². The van der Waals surface area contributed by atoms with Gasteiger partial charge in [-0.05, 0) is 45.3 Å². The van der Waals surface area contributed by atoms with Crippen molar-refractivity contribution < 1.29 is 0 Å². The van der Waals surface area contributed by atoms with Crippen LogP contribution in [0.1, 0.15) is 37.0 Å². The molecule has 1 fully saturated rings. The fourth-order valence-corrected chi connectivity index (χ4v) is 3.41. The monoisotopic (exact) mass is 262 g/mol. The van der Waals surface area contributed by atoms with Gasteiger partial charge >= 0.3 is 0 Å². The van der Waals surface area contributed by atoms with Crippen LogP contribution in [0, 0.1) is 12.3 Å². The van der Waals surface area contributed by atoms with E-state index in [4.69, 9.17) is 4.98 Å². The number of rotatable bonds is 2. The van der Waals surface area contributed by atoms with Gasteiger partial charge in [0.05, 0.1) is 5.69 Å². The Morgan fingerprint density at radius 1 is 1.32 bits per heavy atom. The van der Waals surface area contributed by atoms with Gasteiger partial charge in [0.25, 0.3) is 0 Å². The maximum Gasteiger partial charge on any atom is 0.106 e. The lowest BCUT2D eigenvalue weighted by Gasteiger charge is -2.38. The third-order valence-electron chi connectivity index (χ3n) is 4.91. The molecule has 2 aliphatic rings. The summed E-state index contributed by atoms with van der Waals surface area (Å²) in [6, 6.07) is 0. The zero-order valence-corrected chi connectivity index (χ0v) is 12.5. The molecule has 1 saturated heterocycles. The minimum Gasteiger partial charge on any atom is -0.331 e. The molecule has 0 spiro atoms. The second kappa shape index (κ2) is 4.91. The average molecular weight is 262 g/mol. The van der Waals surface area contributed by atoms with Gasteiger partial charge in [0.1, 0.15) is 5.82 Å². The Morgan fingerprint density at radius 2 is 2.05 bits per heavy atom. The van der Waals surface area contributed by atoms with Crippen molar-refractivity contribution in [2.24, 2.45) is 5.41 Å². The van der Waals surface area contributed by atoms with Crippen LogP contribution in [0.2, 0.25) is 0 Å². The van der Waals surface area contributed by atoms with Crippen LogP contribution < -0.4 is 5.32 Å². The van der Waals surface area contributed by atoms with Gasteiger partial charge in [-0.2, -0.15) is 0 Å². The maximum atomic E-state index is 4.75. The fraction of sp³-hybridized carbons (Fsp3) is 0.800. The summed E-state index contributed by atoms with van der Waals surface area (Å²) in [6.07, 6.45) is 3.73. The smallest absolute Gasteiger partial charge is 0.106 e. The Hall–Kier alpha value is -0.870. The second-order valence-electron chi connectivity index (χ2n) is 6.68. The molecule has 0 amide bonds. The van der Waals surface area contributed by atoms with Crippen LogP contribution in [0.4, 0.5) is 0 Å². The molecular formula is C15H26N4. The van der Waals surface area contributed by atoms with E-state index >= 15 is 0 Å². The minimum atomic E-state index is 0.441. The first-order valence-electron chi connectivity index (χ1n) is 7.52. The van der Waals surface area contributed by atoms with E-state index in [0.29, 0.717) is 5.41 Å². The summed E-state index contributed by atoms with van der Waals surface area (Å²) in [5.41, 5.74) is 3.20. The molecule has 19 heavy (non-hydrogen) atoms. The van der Waals surface area contributed by atoms with Gasteiger partial charge in [-0.15, -0.1) is 0 Å². The maximum absolute atomic E-state index is 4.75. The molecule has 4 heteroatoms. The van der Waals surface area contributed by atoms with Crippen LogP contribution in [0.15, 0.2) is 0 Å². The van der Waals surface area contributed by atoms with Gasteiger partial charge in [0.2, 0.25) is 0 Å². The number of likely N-dealkylation sites (tertiary alicyclic amines) is 1. The SMILES string of the molecule is Cc1nc2c(n1CC1(C)CCN(C)CC1)CCNC2. The lowest BCUT2D eigenvalue weighted by Crippen LogP contribution is -2.39. The molecule has 2 aliphatic heterocycles. The number of hydrogen-bond donors (Lipinski definition) is 1. The van der Waals surface area contributed by atoms with Crippen LogP contribution in [0.5, 0.6) is 0 Å². The Bertz CT molecular complexity index is 455. The largest absolute Gasteiger partial charge is 0.331 e. The first-order valence-corrected chi connectivity index (χ1v) is 7.52. The predicted molar refractivity (Wildman–Crippen MR) is 77.2 cm³/mol. The Balaban J connectivity index is 1.81. The zero-order valence-electron chi connectivity index (χ0n) is 12.5. The summed E-state index contributed by atoms with van der Waals surface area (Å²) in [7, 11) is 2.23. The van der Waals surface area contributed by atoms with E-state index in [0.717, 1.165) is 26.1 Å². The molecule has 4 nitrogen and oxygen atoms in total. The van der Waals surface area contributed by atoms with E-state index in [2.05, 4.69) is 35.7 Å². The normalized spacial score (nSPS) is 23.3. The second-order valence-corrected chi connectivity index (χ2v) is 6.68. The molecule has 1 N–H and O–H groups in total. The summed E-state index contributed by atoms with van der Waals surface area (Å²) in [4.78, 5) is 7.20. The molecule has 0 atom stereocenters. The fourth-order valence-electron chi connectivity index (χ4n) is 3.41. The molecular weight excluding hydrogens is 236 g/mol. The van der Waals surface area contributed by atoms with Crippen molar-refractivity contribution in [2.75, 3.05) is 26.7 Å². The molecule has 0 aliphatic carbocycles. The van der Waals surface area contributed by atoms with Crippen molar-refractivity contribution in [3.63, 3.8) is 0 Å². The van der Waals surface area contributed by atoms with Crippen molar-refractivity contribution in [3.8, 4) is 0 Å². The first-order chi connectivity index (χ1) is 9.07. The molecule has 0 aromatic carbocycles. The number of fused-ring (bicyclic) bond motifs is 1. The number of nitrogens with zero attached hydrogens (tertiary/aromatic N) is 3. The van der Waals surface area contributed by atoms with Gasteiger partial charge in [0.15, 0.2) is 0 Å². The number of aromatic nitrogens is 2. The van der Waals surface area contributed by atoms with Gasteiger partial charge < -0.3 is 14.8 Å². The van der Waals surface area contributed by atoms with Crippen LogP contribution in [0.25, 0.3) is 0 Å². The van der Waals surface area contributed by atoms with Crippen molar-refractivity contribution in [3.05, 3.63) is 17.2 Å². The summed E-state index contributed by atoms with van der Waals surface area (Å²) in [5, 5.41) is 3.42. The Morgan fingerprint density at radius 3 is 2.79 bits per heavy atom. The summed E-state index contributed by atoms with van der Waals surface area (Å²) >= 11 is 0. The van der Waals surface area contributed by atoms with Gasteiger partial charge in [-0.3, -0.25) is 0 Å². The van der Waals surface area contributed by atoms with Gasteiger partial charge in [-0.1, -0.05) is 6.92 Å². The zero-order chi connectivity index (χ0) is 13.5. The Kier molecular flexibility index (Phi) is 3.39. The van der Waals surface area contributed by atoms with Crippen LogP contribution in [-0.2, 0) is 19.5 Å². The van der Waals surface area contributed by atoms with Crippen LogP contribution >= 0.6 is 0 Å². The molecule has 1 aromatic heterocycles. The van der Waals surface area contributed by atoms with Crippen molar-refractivity contribution in [2.45, 2.75) is 46.2 Å². The molecule has 0 unspecified atom stereocenters. The lowest BCUT2D eigenvalue weighted by atomic mass is 9.80. The van der Waals surface area contributed by atoms with Crippen LogP contribution in [-0.4, -0.2) is 41.1 Å². The molecule has 0 saturated carbocycles. The lowest BCUT2D eigenvalue weighted by molar-refractivity contribution is 0.119. The van der Waals surface area contributed by atoms with E-state index in [1.807, 2.05) is 0 Å². The van der Waals surface area contributed by atoms with E-state index in [1.54, 1.807) is 0 Å². The van der Waals surface area contributed by atoms with Crippen LogP contribution in [0.3, 0.4) is 0 Å². The average Bonchev–Trinajstić information content (AvgIpc) is 2.70. The summed E-state index contributed by atoms with van der Waals surface area (Å²) < 4.78 is 2.50. The number of aryl methyl sites for hydroxylation is 1. The molecule has 1 aromatic rings. The molecule has 0 bridgehead atoms. The summed E-state index contributed by atoms with van der Waals surface area (Å²) in [5.74, 6) is 1.20. The molecule has 3 heterocycles. The number of hydrogen-bond acceptors (Lipinski definition) is 3. The number of imidazole rings is 1. The third kappa shape index (κ3) is 2.56. The van der Waals surface area contributed by atoms with Gasteiger partial charge in [0, 0.05) is 31.7 Å². The third-order valence-corrected chi connectivity index (χ3v) is 4.91. The van der Waals surface area contributed by atoms with Gasteiger partial charge in [-0.25, -0.2) is 4.98 Å². The summed E-state index contributed by atoms with van der Waals surface area (Å²) in [6.45, 7) is 10.3. The molecule has 0 radical (unpaired) electrons. The number of nitrogens with one attached hydrogen (secondary N) is 1. The van der Waals surface area contributed by atoms with Crippen molar-refractivity contribution >= 4 is 0 Å². The Labute approximate surface area is 116 Å². The highest BCUT2D eigenvalue weighted by Crippen LogP contribution is 2.33. The highest BCUT2D eigenvalue weighted by atomic mass is 15.1.